The number of amides is 1. The monoisotopic (exact) mass is 352 g/mol. The number of Topliss-reactive ketones (excluding diaryl/α,β-unsaturated/α-hetero) is 1. The molecule has 1 aromatic heterocycles. The summed E-state index contributed by atoms with van der Waals surface area (Å²) in [6, 6.07) is 7.50. The molecule has 136 valence electrons. The lowest BCUT2D eigenvalue weighted by Crippen LogP contribution is -2.37. The molecule has 6 nitrogen and oxygen atoms in total. The van der Waals surface area contributed by atoms with Crippen LogP contribution < -0.4 is 5.32 Å². The van der Waals surface area contributed by atoms with Crippen LogP contribution in [0.1, 0.15) is 42.1 Å². The Morgan fingerprint density at radius 3 is 2.50 bits per heavy atom. The molecule has 1 amide bonds. The molecule has 1 saturated heterocycles. The molecule has 0 radical (unpaired) electrons. The highest BCUT2D eigenvalue weighted by Gasteiger charge is 2.23. The van der Waals surface area contributed by atoms with Crippen LogP contribution in [0.25, 0.3) is 0 Å². The van der Waals surface area contributed by atoms with Gasteiger partial charge in [-0.1, -0.05) is 0 Å². The number of nitrogens with one attached hydrogen (secondary N) is 1. The average molecular weight is 352 g/mol. The number of rotatable bonds is 5. The predicted molar refractivity (Wildman–Crippen MR) is 100 cm³/mol. The third kappa shape index (κ3) is 4.45. The number of aromatic nitrogens is 2. The SMILES string of the molecule is CC(=O)N1CCC(CC(=O)c2ccc(Nc3ncncc3C)cc2)CC1. The molecular weight excluding hydrogens is 328 g/mol. The Labute approximate surface area is 153 Å². The van der Waals surface area contributed by atoms with Crippen molar-refractivity contribution in [3.63, 3.8) is 0 Å². The molecule has 1 aromatic carbocycles. The van der Waals surface area contributed by atoms with Crippen molar-refractivity contribution in [1.29, 1.82) is 0 Å². The van der Waals surface area contributed by atoms with Crippen LogP contribution >= 0.6 is 0 Å². The highest BCUT2D eigenvalue weighted by Crippen LogP contribution is 2.23. The van der Waals surface area contributed by atoms with Crippen molar-refractivity contribution in [2.75, 3.05) is 18.4 Å². The largest absolute Gasteiger partial charge is 0.343 e. The van der Waals surface area contributed by atoms with Crippen molar-refractivity contribution in [3.05, 3.63) is 47.9 Å². The van der Waals surface area contributed by atoms with Crippen LogP contribution in [0.3, 0.4) is 0 Å². The van der Waals surface area contributed by atoms with Gasteiger partial charge in [-0.2, -0.15) is 0 Å². The first kappa shape index (κ1) is 18.0. The van der Waals surface area contributed by atoms with Gasteiger partial charge >= 0.3 is 0 Å². The van der Waals surface area contributed by atoms with Crippen molar-refractivity contribution in [2.24, 2.45) is 5.92 Å². The molecule has 0 saturated carbocycles. The second kappa shape index (κ2) is 8.08. The Morgan fingerprint density at radius 1 is 1.19 bits per heavy atom. The molecule has 6 heteroatoms. The van der Waals surface area contributed by atoms with E-state index in [0.29, 0.717) is 12.3 Å². The summed E-state index contributed by atoms with van der Waals surface area (Å²) in [7, 11) is 0. The van der Waals surface area contributed by atoms with Crippen molar-refractivity contribution in [1.82, 2.24) is 14.9 Å². The molecule has 2 heterocycles. The summed E-state index contributed by atoms with van der Waals surface area (Å²) in [5.41, 5.74) is 2.58. The number of aryl methyl sites for hydroxylation is 1. The van der Waals surface area contributed by atoms with Crippen molar-refractivity contribution in [3.8, 4) is 0 Å². The molecular formula is C20H24N4O2. The molecule has 1 fully saturated rings. The first-order valence-electron chi connectivity index (χ1n) is 8.95. The van der Waals surface area contributed by atoms with E-state index in [4.69, 9.17) is 0 Å². The van der Waals surface area contributed by atoms with E-state index in [0.717, 1.165) is 48.6 Å². The molecule has 0 bridgehead atoms. The Balaban J connectivity index is 1.56. The third-order valence-corrected chi connectivity index (χ3v) is 4.90. The van der Waals surface area contributed by atoms with Crippen molar-refractivity contribution in [2.45, 2.75) is 33.1 Å². The van der Waals surface area contributed by atoms with Gasteiger partial charge in [0.15, 0.2) is 5.78 Å². The molecule has 1 aliphatic heterocycles. The second-order valence-electron chi connectivity index (χ2n) is 6.83. The van der Waals surface area contributed by atoms with E-state index in [1.807, 2.05) is 36.1 Å². The van der Waals surface area contributed by atoms with Crippen LogP contribution in [0.4, 0.5) is 11.5 Å². The van der Waals surface area contributed by atoms with Crippen LogP contribution in [-0.2, 0) is 4.79 Å². The van der Waals surface area contributed by atoms with Crippen LogP contribution in [0.5, 0.6) is 0 Å². The van der Waals surface area contributed by atoms with E-state index in [2.05, 4.69) is 15.3 Å². The number of benzene rings is 1. The molecule has 0 aliphatic carbocycles. The maximum atomic E-state index is 12.5. The molecule has 1 N–H and O–H groups in total. The number of anilines is 2. The maximum absolute atomic E-state index is 12.5. The fourth-order valence-corrected chi connectivity index (χ4v) is 3.24. The number of likely N-dealkylation sites (tertiary alicyclic amines) is 1. The predicted octanol–water partition coefficient (Wildman–Crippen LogP) is 3.36. The van der Waals surface area contributed by atoms with Gasteiger partial charge in [0.25, 0.3) is 0 Å². The second-order valence-corrected chi connectivity index (χ2v) is 6.83. The topological polar surface area (TPSA) is 75.2 Å². The molecule has 2 aromatic rings. The fraction of sp³-hybridized carbons (Fsp3) is 0.400. The summed E-state index contributed by atoms with van der Waals surface area (Å²) >= 11 is 0. The van der Waals surface area contributed by atoms with Crippen molar-refractivity contribution >= 4 is 23.2 Å². The lowest BCUT2D eigenvalue weighted by molar-refractivity contribution is -0.130. The Hall–Kier alpha value is -2.76. The number of carbonyl (C=O) groups is 2. The summed E-state index contributed by atoms with van der Waals surface area (Å²) in [6.45, 7) is 5.06. The van der Waals surface area contributed by atoms with E-state index >= 15 is 0 Å². The Kier molecular flexibility index (Phi) is 5.61. The highest BCUT2D eigenvalue weighted by atomic mass is 16.2. The summed E-state index contributed by atoms with van der Waals surface area (Å²) in [6.07, 6.45) is 5.61. The van der Waals surface area contributed by atoms with Crippen LogP contribution in [0, 0.1) is 12.8 Å². The minimum absolute atomic E-state index is 0.122. The number of ketones is 1. The molecule has 3 rings (SSSR count). The number of hydrogen-bond donors (Lipinski definition) is 1. The first-order chi connectivity index (χ1) is 12.5. The van der Waals surface area contributed by atoms with E-state index in [9.17, 15) is 9.59 Å². The van der Waals surface area contributed by atoms with Gasteiger partial charge in [-0.15, -0.1) is 0 Å². The number of nitrogens with zero attached hydrogens (tertiary/aromatic N) is 3. The lowest BCUT2D eigenvalue weighted by Gasteiger charge is -2.30. The van der Waals surface area contributed by atoms with Crippen LogP contribution in [0.2, 0.25) is 0 Å². The van der Waals surface area contributed by atoms with Gasteiger partial charge in [-0.25, -0.2) is 9.97 Å². The van der Waals surface area contributed by atoms with Gasteiger partial charge in [0.1, 0.15) is 12.1 Å². The van der Waals surface area contributed by atoms with E-state index < -0.39 is 0 Å². The van der Waals surface area contributed by atoms with Crippen LogP contribution in [0.15, 0.2) is 36.8 Å². The molecule has 0 spiro atoms. The standard InChI is InChI=1S/C20H24N4O2/c1-14-12-21-13-22-20(14)23-18-5-3-17(4-6-18)19(26)11-16-7-9-24(10-8-16)15(2)25/h3-6,12-13,16H,7-11H2,1-2H3,(H,21,22,23). The summed E-state index contributed by atoms with van der Waals surface area (Å²) in [5, 5.41) is 3.24. The number of carbonyl (C=O) groups excluding carboxylic acids is 2. The van der Waals surface area contributed by atoms with Crippen molar-refractivity contribution < 1.29 is 9.59 Å². The van der Waals surface area contributed by atoms with Gasteiger partial charge in [0, 0.05) is 49.4 Å². The summed E-state index contributed by atoms with van der Waals surface area (Å²) < 4.78 is 0. The van der Waals surface area contributed by atoms with Gasteiger partial charge in [-0.05, 0) is 49.9 Å². The minimum Gasteiger partial charge on any atom is -0.343 e. The normalized spacial score (nSPS) is 14.9. The van der Waals surface area contributed by atoms with Crippen LogP contribution in [-0.4, -0.2) is 39.6 Å². The zero-order chi connectivity index (χ0) is 18.5. The fourth-order valence-electron chi connectivity index (χ4n) is 3.24. The minimum atomic E-state index is 0.122. The van der Waals surface area contributed by atoms with E-state index in [1.54, 1.807) is 13.1 Å². The smallest absolute Gasteiger partial charge is 0.219 e. The zero-order valence-corrected chi connectivity index (χ0v) is 15.2. The Bertz CT molecular complexity index is 781. The van der Waals surface area contributed by atoms with Gasteiger partial charge < -0.3 is 10.2 Å². The van der Waals surface area contributed by atoms with Gasteiger partial charge in [-0.3, -0.25) is 9.59 Å². The number of hydrogen-bond acceptors (Lipinski definition) is 5. The summed E-state index contributed by atoms with van der Waals surface area (Å²) in [5.74, 6) is 1.41. The highest BCUT2D eigenvalue weighted by molar-refractivity contribution is 5.96. The maximum Gasteiger partial charge on any atom is 0.219 e. The van der Waals surface area contributed by atoms with E-state index in [-0.39, 0.29) is 11.7 Å². The first-order valence-corrected chi connectivity index (χ1v) is 8.95. The molecule has 0 atom stereocenters. The molecule has 1 aliphatic rings. The molecule has 26 heavy (non-hydrogen) atoms. The third-order valence-electron chi connectivity index (χ3n) is 4.90. The zero-order valence-electron chi connectivity index (χ0n) is 15.2. The lowest BCUT2D eigenvalue weighted by atomic mass is 9.90. The Morgan fingerprint density at radius 2 is 1.88 bits per heavy atom. The number of piperidine rings is 1. The van der Waals surface area contributed by atoms with Gasteiger partial charge in [0.05, 0.1) is 0 Å². The van der Waals surface area contributed by atoms with E-state index in [1.165, 1.54) is 6.33 Å². The molecule has 0 unspecified atom stereocenters. The average Bonchev–Trinajstić information content (AvgIpc) is 2.64. The quantitative estimate of drug-likeness (QED) is 0.835. The summed E-state index contributed by atoms with van der Waals surface area (Å²) in [4.78, 5) is 34.0. The van der Waals surface area contributed by atoms with Gasteiger partial charge in [0.2, 0.25) is 5.91 Å².